The minimum atomic E-state index is -0.889. The van der Waals surface area contributed by atoms with Crippen LogP contribution in [0.1, 0.15) is 51.5 Å². The number of aromatic nitrogens is 1. The van der Waals surface area contributed by atoms with Gasteiger partial charge in [-0.2, -0.15) is 0 Å². The zero-order chi connectivity index (χ0) is 23.2. The van der Waals surface area contributed by atoms with E-state index in [4.69, 9.17) is 21.1 Å². The molecule has 31 heavy (non-hydrogen) atoms. The summed E-state index contributed by atoms with van der Waals surface area (Å²) in [6.45, 7) is 3.92. The Kier molecular flexibility index (Phi) is 12.0. The lowest BCUT2D eigenvalue weighted by Crippen LogP contribution is -2.37. The molecular formula is C20H29ClN4O6. The van der Waals surface area contributed by atoms with E-state index in [-0.39, 0.29) is 18.8 Å². The van der Waals surface area contributed by atoms with Crippen LogP contribution < -0.4 is 0 Å². The topological polar surface area (TPSA) is 115 Å². The summed E-state index contributed by atoms with van der Waals surface area (Å²) in [4.78, 5) is 41.1. The van der Waals surface area contributed by atoms with Crippen LogP contribution in [-0.4, -0.2) is 52.2 Å². The second kappa shape index (κ2) is 14.2. The Morgan fingerprint density at radius 3 is 2.55 bits per heavy atom. The minimum Gasteiger partial charge on any atom is -0.428 e. The number of carbonyl (C=O) groups excluding carboxylic acids is 2. The van der Waals surface area contributed by atoms with Crippen molar-refractivity contribution in [1.82, 2.24) is 14.8 Å². The zero-order valence-electron chi connectivity index (χ0n) is 18.1. The van der Waals surface area contributed by atoms with E-state index in [0.717, 1.165) is 29.7 Å². The molecule has 0 N–H and O–H groups in total. The number of hydrogen-bond acceptors (Lipinski definition) is 8. The van der Waals surface area contributed by atoms with E-state index in [1.54, 1.807) is 30.2 Å². The summed E-state index contributed by atoms with van der Waals surface area (Å²) >= 11 is 5.79. The lowest BCUT2D eigenvalue weighted by atomic mass is 10.2. The van der Waals surface area contributed by atoms with Gasteiger partial charge >= 0.3 is 12.1 Å². The average molecular weight is 457 g/mol. The third kappa shape index (κ3) is 10.1. The van der Waals surface area contributed by atoms with Gasteiger partial charge in [0.1, 0.15) is 5.15 Å². The van der Waals surface area contributed by atoms with Crippen molar-refractivity contribution in [3.63, 3.8) is 0 Å². The van der Waals surface area contributed by atoms with Crippen molar-refractivity contribution in [3.8, 4) is 0 Å². The molecule has 1 aromatic heterocycles. The van der Waals surface area contributed by atoms with Gasteiger partial charge in [-0.3, -0.25) is 19.8 Å². The Morgan fingerprint density at radius 2 is 1.97 bits per heavy atom. The first kappa shape index (κ1) is 26.2. The van der Waals surface area contributed by atoms with Crippen molar-refractivity contribution >= 4 is 23.7 Å². The largest absolute Gasteiger partial charge is 0.428 e. The third-order valence-corrected chi connectivity index (χ3v) is 4.57. The molecule has 0 aliphatic rings. The van der Waals surface area contributed by atoms with Crippen LogP contribution in [0.3, 0.4) is 0 Å². The molecule has 10 nitrogen and oxygen atoms in total. The van der Waals surface area contributed by atoms with Crippen LogP contribution in [0.2, 0.25) is 5.15 Å². The lowest BCUT2D eigenvalue weighted by Gasteiger charge is -2.29. The van der Waals surface area contributed by atoms with E-state index in [2.05, 4.69) is 11.9 Å². The Bertz CT molecular complexity index is 757. The molecule has 0 saturated heterocycles. The molecule has 0 saturated carbocycles. The second-order valence-corrected chi connectivity index (χ2v) is 7.08. The quantitative estimate of drug-likeness (QED) is 0.108. The van der Waals surface area contributed by atoms with Crippen molar-refractivity contribution in [2.24, 2.45) is 0 Å². The van der Waals surface area contributed by atoms with Crippen LogP contribution >= 0.6 is 11.6 Å². The molecule has 0 aliphatic heterocycles. The molecule has 1 heterocycles. The molecule has 0 spiro atoms. The van der Waals surface area contributed by atoms with Crippen molar-refractivity contribution in [2.45, 2.75) is 52.5 Å². The van der Waals surface area contributed by atoms with Crippen LogP contribution in [0.15, 0.2) is 30.4 Å². The Hall–Kier alpha value is -2.88. The maximum atomic E-state index is 12.4. The van der Waals surface area contributed by atoms with Crippen LogP contribution in [-0.2, 0) is 20.8 Å². The van der Waals surface area contributed by atoms with Crippen molar-refractivity contribution in [2.75, 3.05) is 20.4 Å². The number of unbranched alkanes of at least 4 members (excludes halogenated alkanes) is 3. The van der Waals surface area contributed by atoms with E-state index in [1.807, 2.05) is 0 Å². The number of pyridine rings is 1. The van der Waals surface area contributed by atoms with Crippen molar-refractivity contribution < 1.29 is 24.0 Å². The summed E-state index contributed by atoms with van der Waals surface area (Å²) in [5, 5.41) is 11.5. The molecule has 0 radical (unpaired) electrons. The summed E-state index contributed by atoms with van der Waals surface area (Å²) in [7, 11) is 1.34. The highest BCUT2D eigenvalue weighted by Gasteiger charge is 2.24. The highest BCUT2D eigenvalue weighted by atomic mass is 35.5. The summed E-state index contributed by atoms with van der Waals surface area (Å²) in [5.41, 5.74) is 0.749. The molecule has 0 aliphatic carbocycles. The highest BCUT2D eigenvalue weighted by Crippen LogP contribution is 2.16. The standard InChI is InChI=1S/C20H29ClN4O6/c1-4-6-7-8-9-19(26)30-15-31-20(27)23(3)18(14-25(28)29)24(5-2)13-16-10-11-17(21)22-12-16/h10-12,14H,4-9,13,15H2,1-3H3/b18-14-. The molecule has 0 fully saturated rings. The Balaban J connectivity index is 2.70. The number of amides is 1. The van der Waals surface area contributed by atoms with Crippen LogP contribution in [0.5, 0.6) is 0 Å². The highest BCUT2D eigenvalue weighted by molar-refractivity contribution is 6.29. The van der Waals surface area contributed by atoms with Gasteiger partial charge < -0.3 is 14.4 Å². The molecule has 172 valence electrons. The van der Waals surface area contributed by atoms with E-state index >= 15 is 0 Å². The van der Waals surface area contributed by atoms with E-state index in [9.17, 15) is 19.7 Å². The molecule has 0 bridgehead atoms. The molecule has 1 amide bonds. The van der Waals surface area contributed by atoms with Gasteiger partial charge in [0.15, 0.2) is 5.82 Å². The summed E-state index contributed by atoms with van der Waals surface area (Å²) in [6, 6.07) is 3.34. The van der Waals surface area contributed by atoms with Crippen LogP contribution in [0, 0.1) is 10.1 Å². The molecule has 0 aromatic carbocycles. The van der Waals surface area contributed by atoms with Gasteiger partial charge in [0.05, 0.1) is 4.92 Å². The summed E-state index contributed by atoms with van der Waals surface area (Å²) in [5.74, 6) is -0.448. The molecule has 1 rings (SSSR count). The Labute approximate surface area is 186 Å². The number of esters is 1. The van der Waals surface area contributed by atoms with Gasteiger partial charge in [-0.1, -0.05) is 43.9 Å². The number of nitro groups is 1. The molecule has 0 atom stereocenters. The number of hydrogen-bond donors (Lipinski definition) is 0. The van der Waals surface area contributed by atoms with E-state index in [0.29, 0.717) is 24.3 Å². The summed E-state index contributed by atoms with van der Waals surface area (Å²) in [6.07, 6.45) is 5.36. The van der Waals surface area contributed by atoms with E-state index < -0.39 is 23.8 Å². The monoisotopic (exact) mass is 456 g/mol. The number of nitrogens with zero attached hydrogens (tertiary/aromatic N) is 4. The van der Waals surface area contributed by atoms with E-state index in [1.165, 1.54) is 7.05 Å². The maximum absolute atomic E-state index is 12.4. The zero-order valence-corrected chi connectivity index (χ0v) is 18.8. The van der Waals surface area contributed by atoms with Gasteiger partial charge in [-0.25, -0.2) is 9.78 Å². The SMILES string of the molecule is CCCCCCC(=O)OCOC(=O)N(C)/C(=C/[N+](=O)[O-])N(CC)Cc1ccc(Cl)nc1. The van der Waals surface area contributed by atoms with Gasteiger partial charge in [0.2, 0.25) is 6.79 Å². The minimum absolute atomic E-state index is 0.0124. The predicted octanol–water partition coefficient (Wildman–Crippen LogP) is 4.17. The van der Waals surface area contributed by atoms with Crippen molar-refractivity contribution in [3.05, 3.63) is 51.2 Å². The lowest BCUT2D eigenvalue weighted by molar-refractivity contribution is -0.405. The van der Waals surface area contributed by atoms with Crippen LogP contribution in [0.25, 0.3) is 0 Å². The third-order valence-electron chi connectivity index (χ3n) is 4.34. The maximum Gasteiger partial charge on any atom is 0.418 e. The first-order valence-corrected chi connectivity index (χ1v) is 10.4. The molecule has 11 heteroatoms. The fourth-order valence-corrected chi connectivity index (χ4v) is 2.77. The average Bonchev–Trinajstić information content (AvgIpc) is 2.74. The first-order valence-electron chi connectivity index (χ1n) is 10.0. The number of carbonyl (C=O) groups is 2. The second-order valence-electron chi connectivity index (χ2n) is 6.69. The predicted molar refractivity (Wildman–Crippen MR) is 114 cm³/mol. The molecule has 0 unspecified atom stereocenters. The fraction of sp³-hybridized carbons (Fsp3) is 0.550. The fourth-order valence-electron chi connectivity index (χ4n) is 2.65. The number of ether oxygens (including phenoxy) is 2. The van der Waals surface area contributed by atoms with Gasteiger partial charge in [0.25, 0.3) is 6.20 Å². The Morgan fingerprint density at radius 1 is 1.23 bits per heavy atom. The first-order chi connectivity index (χ1) is 14.8. The molecule has 1 aromatic rings. The van der Waals surface area contributed by atoms with Gasteiger partial charge in [-0.05, 0) is 25.0 Å². The number of rotatable bonds is 13. The van der Waals surface area contributed by atoms with Crippen LogP contribution in [0.4, 0.5) is 4.79 Å². The van der Waals surface area contributed by atoms with Crippen molar-refractivity contribution in [1.29, 1.82) is 0 Å². The summed E-state index contributed by atoms with van der Waals surface area (Å²) < 4.78 is 9.85. The van der Waals surface area contributed by atoms with Gasteiger partial charge in [0, 0.05) is 32.8 Å². The normalized spacial score (nSPS) is 11.0. The molecular weight excluding hydrogens is 428 g/mol. The smallest absolute Gasteiger partial charge is 0.418 e. The number of halogens is 1. The van der Waals surface area contributed by atoms with Gasteiger partial charge in [-0.15, -0.1) is 0 Å².